The minimum Gasteiger partial charge on any atom is -0.365 e. The second-order valence-electron chi connectivity index (χ2n) is 2.87. The number of nitriles is 1. The molecule has 1 aromatic rings. The van der Waals surface area contributed by atoms with E-state index in [9.17, 15) is 0 Å². The van der Waals surface area contributed by atoms with E-state index >= 15 is 0 Å². The summed E-state index contributed by atoms with van der Waals surface area (Å²) in [6.07, 6.45) is 0. The lowest BCUT2D eigenvalue weighted by molar-refractivity contribution is 0.167. The molecule has 0 bridgehead atoms. The van der Waals surface area contributed by atoms with Gasteiger partial charge in [0.1, 0.15) is 6.61 Å². The minimum atomic E-state index is 0.174. The third-order valence-electron chi connectivity index (χ3n) is 1.76. The highest BCUT2D eigenvalue weighted by molar-refractivity contribution is 5.14. The molecule has 3 heteroatoms. The van der Waals surface area contributed by atoms with E-state index in [0.717, 1.165) is 13.1 Å². The molecule has 1 rings (SSSR count). The summed E-state index contributed by atoms with van der Waals surface area (Å²) in [5.74, 6) is 0. The third-order valence-corrected chi connectivity index (χ3v) is 1.76. The van der Waals surface area contributed by atoms with Crippen molar-refractivity contribution in [3.05, 3.63) is 35.9 Å². The number of ether oxygens (including phenoxy) is 1. The lowest BCUT2D eigenvalue weighted by Gasteiger charge is -2.03. The molecule has 1 aromatic carbocycles. The molecule has 0 unspecified atom stereocenters. The largest absolute Gasteiger partial charge is 0.365 e. The Kier molecular flexibility index (Phi) is 5.41. The van der Waals surface area contributed by atoms with Crippen molar-refractivity contribution in [1.29, 1.82) is 5.26 Å². The molecule has 3 nitrogen and oxygen atoms in total. The van der Waals surface area contributed by atoms with E-state index in [1.807, 2.05) is 24.3 Å². The quantitative estimate of drug-likeness (QED) is 0.688. The average molecular weight is 190 g/mol. The van der Waals surface area contributed by atoms with Crippen LogP contribution < -0.4 is 5.32 Å². The molecule has 0 saturated heterocycles. The van der Waals surface area contributed by atoms with Gasteiger partial charge in [-0.2, -0.15) is 5.26 Å². The van der Waals surface area contributed by atoms with Gasteiger partial charge in [-0.15, -0.1) is 0 Å². The van der Waals surface area contributed by atoms with Gasteiger partial charge in [0.2, 0.25) is 0 Å². The molecule has 0 aliphatic heterocycles. The first kappa shape index (κ1) is 10.7. The number of rotatable bonds is 6. The van der Waals surface area contributed by atoms with Gasteiger partial charge < -0.3 is 10.1 Å². The number of hydrogen-bond donors (Lipinski definition) is 1. The van der Waals surface area contributed by atoms with Crippen LogP contribution in [0.15, 0.2) is 30.3 Å². The smallest absolute Gasteiger partial charge is 0.133 e. The van der Waals surface area contributed by atoms with Crippen molar-refractivity contribution in [2.24, 2.45) is 0 Å². The van der Waals surface area contributed by atoms with Crippen molar-refractivity contribution in [1.82, 2.24) is 5.32 Å². The third kappa shape index (κ3) is 4.61. The molecule has 0 fully saturated rings. The number of nitrogens with zero attached hydrogens (tertiary/aromatic N) is 1. The maximum atomic E-state index is 8.21. The molecule has 0 aliphatic carbocycles. The van der Waals surface area contributed by atoms with E-state index in [0.29, 0.717) is 6.61 Å². The fourth-order valence-corrected chi connectivity index (χ4v) is 1.09. The topological polar surface area (TPSA) is 45.0 Å². The monoisotopic (exact) mass is 190 g/mol. The van der Waals surface area contributed by atoms with Crippen LogP contribution in [0.4, 0.5) is 0 Å². The van der Waals surface area contributed by atoms with Crippen molar-refractivity contribution in [3.8, 4) is 6.07 Å². The molecule has 0 aromatic heterocycles. The van der Waals surface area contributed by atoms with Gasteiger partial charge in [-0.1, -0.05) is 30.3 Å². The Balaban J connectivity index is 2.03. The molecule has 0 atom stereocenters. The van der Waals surface area contributed by atoms with Crippen LogP contribution in [0.25, 0.3) is 0 Å². The fourth-order valence-electron chi connectivity index (χ4n) is 1.09. The van der Waals surface area contributed by atoms with Crippen LogP contribution >= 0.6 is 0 Å². The van der Waals surface area contributed by atoms with Gasteiger partial charge in [-0.3, -0.25) is 0 Å². The van der Waals surface area contributed by atoms with Gasteiger partial charge in [-0.25, -0.2) is 0 Å². The summed E-state index contributed by atoms with van der Waals surface area (Å²) in [5.41, 5.74) is 1.26. The summed E-state index contributed by atoms with van der Waals surface area (Å²) in [5, 5.41) is 11.4. The van der Waals surface area contributed by atoms with Crippen molar-refractivity contribution in [2.45, 2.75) is 6.54 Å². The highest BCUT2D eigenvalue weighted by Crippen LogP contribution is 1.96. The van der Waals surface area contributed by atoms with Gasteiger partial charge in [0.05, 0.1) is 12.7 Å². The van der Waals surface area contributed by atoms with E-state index in [-0.39, 0.29) is 6.61 Å². The van der Waals surface area contributed by atoms with E-state index in [1.54, 1.807) is 0 Å². The maximum absolute atomic E-state index is 8.21. The van der Waals surface area contributed by atoms with Gasteiger partial charge >= 0.3 is 0 Å². The lowest BCUT2D eigenvalue weighted by Crippen LogP contribution is -2.19. The van der Waals surface area contributed by atoms with Crippen LogP contribution in [0.2, 0.25) is 0 Å². The second-order valence-corrected chi connectivity index (χ2v) is 2.87. The fraction of sp³-hybridized carbons (Fsp3) is 0.364. The Labute approximate surface area is 84.3 Å². The summed E-state index contributed by atoms with van der Waals surface area (Å²) >= 11 is 0. The Morgan fingerprint density at radius 2 is 2.07 bits per heavy atom. The van der Waals surface area contributed by atoms with Gasteiger partial charge in [0.15, 0.2) is 0 Å². The molecule has 1 N–H and O–H groups in total. The summed E-state index contributed by atoms with van der Waals surface area (Å²) < 4.78 is 5.00. The Morgan fingerprint density at radius 3 is 2.79 bits per heavy atom. The molecule has 0 radical (unpaired) electrons. The summed E-state index contributed by atoms with van der Waals surface area (Å²) in [6.45, 7) is 2.38. The van der Waals surface area contributed by atoms with E-state index < -0.39 is 0 Å². The van der Waals surface area contributed by atoms with Crippen LogP contribution in [0, 0.1) is 11.3 Å². The molecule has 74 valence electrons. The van der Waals surface area contributed by atoms with Gasteiger partial charge in [-0.05, 0) is 5.56 Å². The summed E-state index contributed by atoms with van der Waals surface area (Å²) in [4.78, 5) is 0. The molecule has 0 aliphatic rings. The van der Waals surface area contributed by atoms with Crippen LogP contribution in [0.3, 0.4) is 0 Å². The normalized spacial score (nSPS) is 9.64. The van der Waals surface area contributed by atoms with E-state index in [1.165, 1.54) is 5.56 Å². The Morgan fingerprint density at radius 1 is 1.29 bits per heavy atom. The number of nitrogens with one attached hydrogen (secondary N) is 1. The highest BCUT2D eigenvalue weighted by Gasteiger charge is 1.90. The van der Waals surface area contributed by atoms with Crippen LogP contribution in [0.5, 0.6) is 0 Å². The summed E-state index contributed by atoms with van der Waals surface area (Å²) in [6, 6.07) is 12.1. The predicted octanol–water partition coefficient (Wildman–Crippen LogP) is 1.32. The zero-order valence-corrected chi connectivity index (χ0v) is 8.07. The molecular formula is C11H14N2O. The van der Waals surface area contributed by atoms with E-state index in [2.05, 4.69) is 17.4 Å². The first-order chi connectivity index (χ1) is 6.93. The summed E-state index contributed by atoms with van der Waals surface area (Å²) in [7, 11) is 0. The first-order valence-corrected chi connectivity index (χ1v) is 4.63. The van der Waals surface area contributed by atoms with Crippen molar-refractivity contribution in [3.63, 3.8) is 0 Å². The molecule has 0 heterocycles. The maximum Gasteiger partial charge on any atom is 0.133 e. The number of benzene rings is 1. The molecule has 14 heavy (non-hydrogen) atoms. The second kappa shape index (κ2) is 7.07. The Hall–Kier alpha value is -1.37. The first-order valence-electron chi connectivity index (χ1n) is 4.63. The van der Waals surface area contributed by atoms with Gasteiger partial charge in [0.25, 0.3) is 0 Å². The van der Waals surface area contributed by atoms with Crippen LogP contribution in [-0.2, 0) is 11.3 Å². The number of hydrogen-bond acceptors (Lipinski definition) is 3. The predicted molar refractivity (Wildman–Crippen MR) is 54.6 cm³/mol. The van der Waals surface area contributed by atoms with E-state index in [4.69, 9.17) is 10.00 Å². The molecule has 0 amide bonds. The highest BCUT2D eigenvalue weighted by atomic mass is 16.5. The zero-order valence-electron chi connectivity index (χ0n) is 8.07. The van der Waals surface area contributed by atoms with Crippen molar-refractivity contribution < 1.29 is 4.74 Å². The minimum absolute atomic E-state index is 0.174. The standard InChI is InChI=1S/C11H14N2O/c12-6-8-14-9-7-13-10-11-4-2-1-3-5-11/h1-5,13H,7-10H2. The zero-order chi connectivity index (χ0) is 10.1. The molecule has 0 spiro atoms. The van der Waals surface area contributed by atoms with Crippen molar-refractivity contribution in [2.75, 3.05) is 19.8 Å². The van der Waals surface area contributed by atoms with Crippen LogP contribution in [-0.4, -0.2) is 19.8 Å². The molecule has 0 saturated carbocycles. The molecular weight excluding hydrogens is 176 g/mol. The van der Waals surface area contributed by atoms with Crippen LogP contribution in [0.1, 0.15) is 5.56 Å². The average Bonchev–Trinajstić information content (AvgIpc) is 2.25. The van der Waals surface area contributed by atoms with Crippen molar-refractivity contribution >= 4 is 0 Å². The van der Waals surface area contributed by atoms with Gasteiger partial charge in [0, 0.05) is 13.1 Å². The lowest BCUT2D eigenvalue weighted by atomic mass is 10.2. The SMILES string of the molecule is N#CCOCCNCc1ccccc1. The Bertz CT molecular complexity index is 279.